The van der Waals surface area contributed by atoms with Crippen molar-refractivity contribution in [1.82, 2.24) is 4.90 Å². The Balaban J connectivity index is 1.62. The van der Waals surface area contributed by atoms with Gasteiger partial charge in [0.1, 0.15) is 0 Å². The highest BCUT2D eigenvalue weighted by atomic mass is 16.5. The highest BCUT2D eigenvalue weighted by molar-refractivity contribution is 5.57. The van der Waals surface area contributed by atoms with Gasteiger partial charge >= 0.3 is 0 Å². The van der Waals surface area contributed by atoms with Gasteiger partial charge in [-0.25, -0.2) is 0 Å². The van der Waals surface area contributed by atoms with Gasteiger partial charge in [-0.15, -0.1) is 0 Å². The monoisotopic (exact) mass is 321 g/mol. The van der Waals surface area contributed by atoms with Crippen molar-refractivity contribution in [2.24, 2.45) is 0 Å². The Bertz CT molecular complexity index is 736. The summed E-state index contributed by atoms with van der Waals surface area (Å²) in [6, 6.07) is 16.3. The summed E-state index contributed by atoms with van der Waals surface area (Å²) in [5.74, 6) is 1.15. The summed E-state index contributed by atoms with van der Waals surface area (Å²) in [5.41, 5.74) is 7.61. The fourth-order valence-corrected chi connectivity index (χ4v) is 4.39. The van der Waals surface area contributed by atoms with E-state index in [1.807, 2.05) is 0 Å². The number of fused-ring (bicyclic) bond motifs is 1. The van der Waals surface area contributed by atoms with Gasteiger partial charge in [0.05, 0.1) is 13.2 Å². The van der Waals surface area contributed by atoms with Crippen LogP contribution in [0.3, 0.4) is 0 Å². The molecule has 0 amide bonds. The standard InChI is InChI=1S/C22H27NO/c1-15(23(2)3)13-24-14-16-7-6-10-20-19-11-12-21(22(16)20)18-9-5-4-8-17(18)19/h4-10,15,19,21H,11-14H2,1-3H3. The molecule has 2 bridgehead atoms. The van der Waals surface area contributed by atoms with Gasteiger partial charge in [0.2, 0.25) is 0 Å². The second-order valence-electron chi connectivity index (χ2n) is 7.56. The van der Waals surface area contributed by atoms with Gasteiger partial charge in [0.15, 0.2) is 0 Å². The molecule has 0 fully saturated rings. The first-order chi connectivity index (χ1) is 11.7. The Morgan fingerprint density at radius 3 is 2.38 bits per heavy atom. The second-order valence-corrected chi connectivity index (χ2v) is 7.56. The molecule has 5 rings (SSSR count). The normalized spacial score (nSPS) is 22.3. The molecule has 0 heterocycles. The molecule has 3 atom stereocenters. The smallest absolute Gasteiger partial charge is 0.0720 e. The van der Waals surface area contributed by atoms with E-state index in [9.17, 15) is 0 Å². The first-order valence-electron chi connectivity index (χ1n) is 9.11. The van der Waals surface area contributed by atoms with Crippen LogP contribution in [0.25, 0.3) is 0 Å². The van der Waals surface area contributed by atoms with Gasteiger partial charge < -0.3 is 9.64 Å². The van der Waals surface area contributed by atoms with E-state index in [-0.39, 0.29) is 0 Å². The molecule has 2 aromatic carbocycles. The van der Waals surface area contributed by atoms with E-state index < -0.39 is 0 Å². The van der Waals surface area contributed by atoms with Crippen LogP contribution in [0.1, 0.15) is 59.4 Å². The first kappa shape index (κ1) is 15.9. The summed E-state index contributed by atoms with van der Waals surface area (Å²) >= 11 is 0. The maximum atomic E-state index is 6.06. The molecular weight excluding hydrogens is 294 g/mol. The molecule has 126 valence electrons. The molecule has 0 N–H and O–H groups in total. The van der Waals surface area contributed by atoms with Gasteiger partial charge in [0, 0.05) is 17.9 Å². The minimum atomic E-state index is 0.446. The molecule has 3 unspecified atom stereocenters. The number of benzene rings is 2. The van der Waals surface area contributed by atoms with E-state index in [0.29, 0.717) is 17.9 Å². The third-order valence-corrected chi connectivity index (χ3v) is 5.94. The van der Waals surface area contributed by atoms with E-state index in [0.717, 1.165) is 13.2 Å². The highest BCUT2D eigenvalue weighted by Gasteiger charge is 2.38. The third kappa shape index (κ3) is 2.58. The van der Waals surface area contributed by atoms with Crippen LogP contribution in [0.15, 0.2) is 42.5 Å². The zero-order chi connectivity index (χ0) is 16.7. The molecule has 2 heteroatoms. The number of rotatable bonds is 5. The van der Waals surface area contributed by atoms with Crippen molar-refractivity contribution in [2.75, 3.05) is 20.7 Å². The largest absolute Gasteiger partial charge is 0.375 e. The van der Waals surface area contributed by atoms with Crippen LogP contribution in [0.4, 0.5) is 0 Å². The molecule has 24 heavy (non-hydrogen) atoms. The fraction of sp³-hybridized carbons (Fsp3) is 0.455. The lowest BCUT2D eigenvalue weighted by Crippen LogP contribution is -2.29. The van der Waals surface area contributed by atoms with E-state index in [1.54, 1.807) is 22.3 Å². The maximum absolute atomic E-state index is 6.06. The van der Waals surface area contributed by atoms with Crippen molar-refractivity contribution < 1.29 is 4.74 Å². The van der Waals surface area contributed by atoms with Gasteiger partial charge in [-0.05, 0) is 61.7 Å². The molecule has 3 aliphatic carbocycles. The van der Waals surface area contributed by atoms with Crippen molar-refractivity contribution in [3.63, 3.8) is 0 Å². The lowest BCUT2D eigenvalue weighted by Gasteiger charge is -2.41. The Kier molecular flexibility index (Phi) is 4.19. The molecule has 0 radical (unpaired) electrons. The predicted octanol–water partition coefficient (Wildman–Crippen LogP) is 4.52. The summed E-state index contributed by atoms with van der Waals surface area (Å²) in [5, 5.41) is 0. The van der Waals surface area contributed by atoms with Crippen molar-refractivity contribution in [3.05, 3.63) is 70.3 Å². The molecule has 3 aliphatic rings. The molecule has 0 spiro atoms. The summed E-state index contributed by atoms with van der Waals surface area (Å²) in [6.07, 6.45) is 2.57. The van der Waals surface area contributed by atoms with E-state index in [2.05, 4.69) is 68.4 Å². The number of ether oxygens (including phenoxy) is 1. The van der Waals surface area contributed by atoms with Gasteiger partial charge in [0.25, 0.3) is 0 Å². The van der Waals surface area contributed by atoms with Crippen molar-refractivity contribution in [1.29, 1.82) is 0 Å². The van der Waals surface area contributed by atoms with Gasteiger partial charge in [-0.3, -0.25) is 0 Å². The van der Waals surface area contributed by atoms with Crippen LogP contribution in [-0.2, 0) is 11.3 Å². The molecule has 2 aromatic rings. The first-order valence-corrected chi connectivity index (χ1v) is 9.11. The lowest BCUT2D eigenvalue weighted by atomic mass is 9.63. The van der Waals surface area contributed by atoms with E-state index in [1.165, 1.54) is 18.4 Å². The second kappa shape index (κ2) is 6.34. The Hall–Kier alpha value is -1.64. The van der Waals surface area contributed by atoms with Crippen molar-refractivity contribution >= 4 is 0 Å². The van der Waals surface area contributed by atoms with Gasteiger partial charge in [-0.1, -0.05) is 42.5 Å². The molecular formula is C22H27NO. The average Bonchev–Trinajstić information content (AvgIpc) is 2.62. The molecule has 0 aliphatic heterocycles. The average molecular weight is 321 g/mol. The molecule has 0 saturated carbocycles. The summed E-state index contributed by atoms with van der Waals surface area (Å²) in [4.78, 5) is 2.21. The molecule has 0 aromatic heterocycles. The number of hydrogen-bond donors (Lipinski definition) is 0. The van der Waals surface area contributed by atoms with Crippen LogP contribution in [0.2, 0.25) is 0 Å². The van der Waals surface area contributed by atoms with Crippen molar-refractivity contribution in [2.45, 2.75) is 44.2 Å². The van der Waals surface area contributed by atoms with Gasteiger partial charge in [-0.2, -0.15) is 0 Å². The Morgan fingerprint density at radius 2 is 1.62 bits per heavy atom. The minimum absolute atomic E-state index is 0.446. The number of likely N-dealkylation sites (N-methyl/N-ethyl adjacent to an activating group) is 1. The van der Waals surface area contributed by atoms with E-state index in [4.69, 9.17) is 4.74 Å². The summed E-state index contributed by atoms with van der Waals surface area (Å²) < 4.78 is 6.06. The zero-order valence-corrected chi connectivity index (χ0v) is 15.0. The number of hydrogen-bond acceptors (Lipinski definition) is 2. The Labute approximate surface area is 145 Å². The Morgan fingerprint density at radius 1 is 0.958 bits per heavy atom. The molecule has 0 saturated heterocycles. The minimum Gasteiger partial charge on any atom is -0.375 e. The van der Waals surface area contributed by atoms with Crippen LogP contribution in [0, 0.1) is 0 Å². The quantitative estimate of drug-likeness (QED) is 0.802. The van der Waals surface area contributed by atoms with Crippen LogP contribution < -0.4 is 0 Å². The highest BCUT2D eigenvalue weighted by Crippen LogP contribution is 2.53. The predicted molar refractivity (Wildman–Crippen MR) is 98.6 cm³/mol. The summed E-state index contributed by atoms with van der Waals surface area (Å²) in [6.45, 7) is 3.72. The fourth-order valence-electron chi connectivity index (χ4n) is 4.39. The zero-order valence-electron chi connectivity index (χ0n) is 15.0. The van der Waals surface area contributed by atoms with Crippen LogP contribution >= 0.6 is 0 Å². The maximum Gasteiger partial charge on any atom is 0.0720 e. The topological polar surface area (TPSA) is 12.5 Å². The number of nitrogens with zero attached hydrogens (tertiary/aromatic N) is 1. The van der Waals surface area contributed by atoms with E-state index >= 15 is 0 Å². The SMILES string of the molecule is CC(COCc1cccc2c1C1CCC2c2ccccc21)N(C)C. The third-order valence-electron chi connectivity index (χ3n) is 5.94. The van der Waals surface area contributed by atoms with Crippen LogP contribution in [0.5, 0.6) is 0 Å². The van der Waals surface area contributed by atoms with Crippen molar-refractivity contribution in [3.8, 4) is 0 Å². The van der Waals surface area contributed by atoms with Crippen LogP contribution in [-0.4, -0.2) is 31.6 Å². The summed E-state index contributed by atoms with van der Waals surface area (Å²) in [7, 11) is 4.21. The lowest BCUT2D eigenvalue weighted by molar-refractivity contribution is 0.0743. The molecule has 2 nitrogen and oxygen atoms in total.